The molecule has 0 spiro atoms. The summed E-state index contributed by atoms with van der Waals surface area (Å²) in [6, 6.07) is 8.10. The number of imidazole rings is 1. The van der Waals surface area contributed by atoms with Gasteiger partial charge < -0.3 is 15.2 Å². The number of para-hydroxylation sites is 1. The topological polar surface area (TPSA) is 59.0 Å². The highest BCUT2D eigenvalue weighted by molar-refractivity contribution is 6.39. The van der Waals surface area contributed by atoms with Gasteiger partial charge in [-0.3, -0.25) is 4.79 Å². The largest absolute Gasteiger partial charge is 0.349 e. The normalized spacial score (nSPS) is 18.8. The molecule has 5 nitrogen and oxygen atoms in total. The molecule has 0 bridgehead atoms. The van der Waals surface area contributed by atoms with Crippen molar-refractivity contribution in [1.82, 2.24) is 14.9 Å². The average Bonchev–Trinajstić information content (AvgIpc) is 3.05. The molecule has 3 aromatic rings. The Morgan fingerprint density at radius 3 is 2.44 bits per heavy atom. The molecular formula is C24H27Cl2FN4O. The first-order valence-corrected chi connectivity index (χ1v) is 11.7. The summed E-state index contributed by atoms with van der Waals surface area (Å²) in [7, 11) is 1.76. The molecule has 0 aliphatic heterocycles. The maximum absolute atomic E-state index is 14.9. The fourth-order valence-corrected chi connectivity index (χ4v) is 4.91. The summed E-state index contributed by atoms with van der Waals surface area (Å²) in [4.78, 5) is 17.4. The Morgan fingerprint density at radius 1 is 1.16 bits per heavy atom. The van der Waals surface area contributed by atoms with Crippen LogP contribution in [0.5, 0.6) is 0 Å². The summed E-state index contributed by atoms with van der Waals surface area (Å²) in [6.07, 6.45) is 4.03. The van der Waals surface area contributed by atoms with E-state index in [9.17, 15) is 9.18 Å². The van der Waals surface area contributed by atoms with Gasteiger partial charge in [0.1, 0.15) is 5.82 Å². The van der Waals surface area contributed by atoms with Gasteiger partial charge in [-0.1, -0.05) is 43.1 Å². The van der Waals surface area contributed by atoms with Crippen LogP contribution in [0.3, 0.4) is 0 Å². The molecule has 32 heavy (non-hydrogen) atoms. The maximum Gasteiger partial charge on any atom is 0.254 e. The van der Waals surface area contributed by atoms with E-state index in [2.05, 4.69) is 29.5 Å². The van der Waals surface area contributed by atoms with Crippen LogP contribution in [0.2, 0.25) is 10.0 Å². The van der Waals surface area contributed by atoms with Crippen LogP contribution < -0.4 is 10.6 Å². The smallest absolute Gasteiger partial charge is 0.254 e. The molecule has 1 aromatic heterocycles. The van der Waals surface area contributed by atoms with Crippen molar-refractivity contribution in [3.05, 3.63) is 51.8 Å². The van der Waals surface area contributed by atoms with E-state index < -0.39 is 11.7 Å². The minimum atomic E-state index is -0.573. The van der Waals surface area contributed by atoms with E-state index in [0.29, 0.717) is 44.6 Å². The molecule has 2 aromatic carbocycles. The number of aromatic nitrogens is 2. The Balaban J connectivity index is 1.55. The second-order valence-corrected chi connectivity index (χ2v) is 9.68. The van der Waals surface area contributed by atoms with Gasteiger partial charge in [-0.2, -0.15) is 0 Å². The molecule has 0 atom stereocenters. The van der Waals surface area contributed by atoms with Crippen LogP contribution >= 0.6 is 23.2 Å². The van der Waals surface area contributed by atoms with Crippen LogP contribution in [0.25, 0.3) is 11.0 Å². The number of anilines is 2. The van der Waals surface area contributed by atoms with E-state index in [-0.39, 0.29) is 11.6 Å². The molecule has 4 rings (SSSR count). The average molecular weight is 477 g/mol. The summed E-state index contributed by atoms with van der Waals surface area (Å²) in [5.74, 6) is 0.822. The van der Waals surface area contributed by atoms with Crippen molar-refractivity contribution < 1.29 is 9.18 Å². The Hall–Kier alpha value is -2.31. The zero-order chi connectivity index (χ0) is 23.0. The first kappa shape index (κ1) is 22.9. The van der Waals surface area contributed by atoms with Crippen molar-refractivity contribution in [2.45, 2.75) is 45.6 Å². The van der Waals surface area contributed by atoms with E-state index in [1.165, 1.54) is 12.1 Å². The number of hydrogen-bond donors (Lipinski definition) is 2. The number of nitrogens with zero attached hydrogens (tertiary/aromatic N) is 2. The first-order valence-electron chi connectivity index (χ1n) is 10.9. The standard InChI is InChI=1S/C24H27Cl2FN4O/c1-13(2)14-7-9-15(10-8-14)28-23(32)16-11-20-21(12-19(16)27)31(3)24(29-20)30-22-17(25)5-4-6-18(22)26/h4-6,11-15H,7-10H2,1-3H3,(H,28,32)(H,29,30). The van der Waals surface area contributed by atoms with E-state index in [0.717, 1.165) is 25.7 Å². The second kappa shape index (κ2) is 9.28. The highest BCUT2D eigenvalue weighted by Gasteiger charge is 2.26. The molecule has 1 saturated carbocycles. The van der Waals surface area contributed by atoms with E-state index >= 15 is 0 Å². The van der Waals surface area contributed by atoms with E-state index in [4.69, 9.17) is 23.2 Å². The highest BCUT2D eigenvalue weighted by atomic mass is 35.5. The molecule has 1 aliphatic rings. The van der Waals surface area contributed by atoms with Gasteiger partial charge in [0.05, 0.1) is 32.3 Å². The van der Waals surface area contributed by atoms with E-state index in [1.54, 1.807) is 29.8 Å². The molecule has 1 aliphatic carbocycles. The van der Waals surface area contributed by atoms with Gasteiger partial charge in [-0.05, 0) is 55.7 Å². The van der Waals surface area contributed by atoms with Crippen molar-refractivity contribution in [1.29, 1.82) is 0 Å². The van der Waals surface area contributed by atoms with Crippen molar-refractivity contribution in [3.8, 4) is 0 Å². The molecule has 1 amide bonds. The molecule has 1 heterocycles. The lowest BCUT2D eigenvalue weighted by atomic mass is 9.79. The SMILES string of the molecule is CC(C)C1CCC(NC(=O)c2cc3nc(Nc4c(Cl)cccc4Cl)n(C)c3cc2F)CC1. The number of carbonyl (C=O) groups is 1. The summed E-state index contributed by atoms with van der Waals surface area (Å²) in [5.41, 5.74) is 1.59. The predicted octanol–water partition coefficient (Wildman–Crippen LogP) is 6.71. The van der Waals surface area contributed by atoms with Gasteiger partial charge in [0, 0.05) is 19.2 Å². The van der Waals surface area contributed by atoms with Crippen LogP contribution in [0.4, 0.5) is 16.0 Å². The first-order chi connectivity index (χ1) is 15.2. The van der Waals surface area contributed by atoms with Gasteiger partial charge in [0.15, 0.2) is 0 Å². The van der Waals surface area contributed by atoms with Crippen LogP contribution in [0.1, 0.15) is 49.9 Å². The van der Waals surface area contributed by atoms with Crippen molar-refractivity contribution in [3.63, 3.8) is 0 Å². The third kappa shape index (κ3) is 4.57. The number of aryl methyl sites for hydroxylation is 1. The Labute approximate surface area is 197 Å². The molecule has 170 valence electrons. The van der Waals surface area contributed by atoms with Gasteiger partial charge in [0.25, 0.3) is 5.91 Å². The fraction of sp³-hybridized carbons (Fsp3) is 0.417. The summed E-state index contributed by atoms with van der Waals surface area (Å²) < 4.78 is 16.6. The third-order valence-electron chi connectivity index (χ3n) is 6.46. The van der Waals surface area contributed by atoms with Crippen LogP contribution in [-0.2, 0) is 7.05 Å². The quantitative estimate of drug-likeness (QED) is 0.430. The van der Waals surface area contributed by atoms with Gasteiger partial charge in [-0.15, -0.1) is 0 Å². The lowest BCUT2D eigenvalue weighted by Gasteiger charge is -2.31. The van der Waals surface area contributed by atoms with Crippen LogP contribution in [0.15, 0.2) is 30.3 Å². The third-order valence-corrected chi connectivity index (χ3v) is 7.09. The Kier molecular flexibility index (Phi) is 6.63. The number of benzene rings is 2. The van der Waals surface area contributed by atoms with Crippen molar-refractivity contribution in [2.24, 2.45) is 18.9 Å². The number of rotatable bonds is 5. The molecule has 2 N–H and O–H groups in total. The Morgan fingerprint density at radius 2 is 1.81 bits per heavy atom. The monoisotopic (exact) mass is 476 g/mol. The summed E-state index contributed by atoms with van der Waals surface area (Å²) in [6.45, 7) is 4.48. The zero-order valence-corrected chi connectivity index (χ0v) is 19.9. The Bertz CT molecular complexity index is 1130. The minimum Gasteiger partial charge on any atom is -0.349 e. The lowest BCUT2D eigenvalue weighted by molar-refractivity contribution is 0.0914. The second-order valence-electron chi connectivity index (χ2n) is 8.87. The number of carbonyl (C=O) groups excluding carboxylic acids is 1. The fourth-order valence-electron chi connectivity index (χ4n) is 4.42. The molecule has 0 unspecified atom stereocenters. The number of hydrogen-bond acceptors (Lipinski definition) is 3. The molecule has 0 radical (unpaired) electrons. The van der Waals surface area contributed by atoms with Gasteiger partial charge >= 0.3 is 0 Å². The van der Waals surface area contributed by atoms with Crippen molar-refractivity contribution >= 4 is 51.8 Å². The molecular weight excluding hydrogens is 450 g/mol. The summed E-state index contributed by atoms with van der Waals surface area (Å²) in [5, 5.41) is 7.02. The number of fused-ring (bicyclic) bond motifs is 1. The van der Waals surface area contributed by atoms with Crippen LogP contribution in [0, 0.1) is 17.7 Å². The maximum atomic E-state index is 14.9. The number of nitrogens with one attached hydrogen (secondary N) is 2. The van der Waals surface area contributed by atoms with Crippen LogP contribution in [-0.4, -0.2) is 21.5 Å². The van der Waals surface area contributed by atoms with Gasteiger partial charge in [-0.25, -0.2) is 9.37 Å². The number of amides is 1. The number of halogens is 3. The van der Waals surface area contributed by atoms with Crippen molar-refractivity contribution in [2.75, 3.05) is 5.32 Å². The molecule has 8 heteroatoms. The van der Waals surface area contributed by atoms with E-state index in [1.807, 2.05) is 0 Å². The minimum absolute atomic E-state index is 0.00362. The molecule has 1 fully saturated rings. The lowest BCUT2D eigenvalue weighted by Crippen LogP contribution is -2.38. The zero-order valence-electron chi connectivity index (χ0n) is 18.4. The highest BCUT2D eigenvalue weighted by Crippen LogP contribution is 2.34. The summed E-state index contributed by atoms with van der Waals surface area (Å²) >= 11 is 12.5. The predicted molar refractivity (Wildman–Crippen MR) is 128 cm³/mol. The molecule has 0 saturated heterocycles. The van der Waals surface area contributed by atoms with Gasteiger partial charge in [0.2, 0.25) is 5.95 Å².